The molecular formula is C12H13F3O. The molecule has 0 radical (unpaired) electrons. The average molecular weight is 230 g/mol. The molecule has 0 spiro atoms. The van der Waals surface area contributed by atoms with E-state index >= 15 is 0 Å². The van der Waals surface area contributed by atoms with Crippen LogP contribution in [0.25, 0.3) is 6.08 Å². The zero-order valence-electron chi connectivity index (χ0n) is 9.05. The van der Waals surface area contributed by atoms with Crippen molar-refractivity contribution >= 4 is 6.08 Å². The second kappa shape index (κ2) is 4.29. The SMILES string of the molecule is CC(C)(O)/C=C/c1cccc(C(F)(F)F)c1. The first-order chi connectivity index (χ1) is 7.18. The molecule has 0 saturated heterocycles. The Balaban J connectivity index is 2.96. The lowest BCUT2D eigenvalue weighted by molar-refractivity contribution is -0.137. The van der Waals surface area contributed by atoms with E-state index in [0.29, 0.717) is 5.56 Å². The fourth-order valence-electron chi connectivity index (χ4n) is 1.12. The first kappa shape index (κ1) is 12.8. The van der Waals surface area contributed by atoms with Gasteiger partial charge in [0.25, 0.3) is 0 Å². The molecule has 1 aromatic rings. The summed E-state index contributed by atoms with van der Waals surface area (Å²) in [5, 5.41) is 9.40. The van der Waals surface area contributed by atoms with Crippen LogP contribution < -0.4 is 0 Å². The van der Waals surface area contributed by atoms with Gasteiger partial charge < -0.3 is 5.11 Å². The third-order valence-electron chi connectivity index (χ3n) is 1.90. The predicted molar refractivity (Wildman–Crippen MR) is 56.8 cm³/mol. The third kappa shape index (κ3) is 4.06. The highest BCUT2D eigenvalue weighted by atomic mass is 19.4. The quantitative estimate of drug-likeness (QED) is 0.824. The van der Waals surface area contributed by atoms with Crippen molar-refractivity contribution in [3.8, 4) is 0 Å². The van der Waals surface area contributed by atoms with E-state index in [-0.39, 0.29) is 0 Å². The molecular weight excluding hydrogens is 217 g/mol. The van der Waals surface area contributed by atoms with Gasteiger partial charge in [-0.3, -0.25) is 0 Å². The van der Waals surface area contributed by atoms with E-state index in [1.165, 1.54) is 18.2 Å². The molecule has 0 aliphatic rings. The molecule has 0 saturated carbocycles. The number of alkyl halides is 3. The van der Waals surface area contributed by atoms with Gasteiger partial charge in [-0.15, -0.1) is 0 Å². The van der Waals surface area contributed by atoms with Crippen molar-refractivity contribution in [3.63, 3.8) is 0 Å². The summed E-state index contributed by atoms with van der Waals surface area (Å²) in [5.41, 5.74) is -1.31. The van der Waals surface area contributed by atoms with Crippen LogP contribution in [0.2, 0.25) is 0 Å². The lowest BCUT2D eigenvalue weighted by Crippen LogP contribution is -2.13. The summed E-state index contributed by atoms with van der Waals surface area (Å²) in [4.78, 5) is 0. The van der Waals surface area contributed by atoms with Crippen LogP contribution in [-0.4, -0.2) is 10.7 Å². The van der Waals surface area contributed by atoms with Crippen LogP contribution >= 0.6 is 0 Å². The van der Waals surface area contributed by atoms with E-state index in [4.69, 9.17) is 0 Å². The summed E-state index contributed by atoms with van der Waals surface area (Å²) in [5.74, 6) is 0. The van der Waals surface area contributed by atoms with Crippen molar-refractivity contribution in [3.05, 3.63) is 41.5 Å². The molecule has 0 unspecified atom stereocenters. The lowest BCUT2D eigenvalue weighted by Gasteiger charge is -2.11. The van der Waals surface area contributed by atoms with Gasteiger partial charge in [-0.1, -0.05) is 24.3 Å². The Morgan fingerprint density at radius 3 is 2.31 bits per heavy atom. The zero-order chi connectivity index (χ0) is 12.4. The van der Waals surface area contributed by atoms with Crippen LogP contribution in [0.1, 0.15) is 25.0 Å². The highest BCUT2D eigenvalue weighted by Gasteiger charge is 2.30. The van der Waals surface area contributed by atoms with Gasteiger partial charge in [0.2, 0.25) is 0 Å². The van der Waals surface area contributed by atoms with Crippen LogP contribution in [0.3, 0.4) is 0 Å². The fraction of sp³-hybridized carbons (Fsp3) is 0.333. The van der Waals surface area contributed by atoms with Crippen molar-refractivity contribution in [2.24, 2.45) is 0 Å². The Labute approximate surface area is 92.2 Å². The molecule has 4 heteroatoms. The fourth-order valence-corrected chi connectivity index (χ4v) is 1.12. The van der Waals surface area contributed by atoms with Gasteiger partial charge in [0.15, 0.2) is 0 Å². The molecule has 1 N–H and O–H groups in total. The average Bonchev–Trinajstić information content (AvgIpc) is 2.13. The molecule has 0 amide bonds. The summed E-state index contributed by atoms with van der Waals surface area (Å²) >= 11 is 0. The predicted octanol–water partition coefficient (Wildman–Crippen LogP) is 3.49. The van der Waals surface area contributed by atoms with Gasteiger partial charge in [0, 0.05) is 0 Å². The second-order valence-electron chi connectivity index (χ2n) is 4.11. The van der Waals surface area contributed by atoms with E-state index in [1.807, 2.05) is 0 Å². The molecule has 1 aromatic carbocycles. The minimum atomic E-state index is -4.33. The van der Waals surface area contributed by atoms with Crippen LogP contribution in [0, 0.1) is 0 Å². The first-order valence-corrected chi connectivity index (χ1v) is 4.77. The second-order valence-corrected chi connectivity index (χ2v) is 4.11. The summed E-state index contributed by atoms with van der Waals surface area (Å²) in [6.45, 7) is 3.11. The molecule has 1 nitrogen and oxygen atoms in total. The molecule has 0 bridgehead atoms. The molecule has 0 fully saturated rings. The number of aliphatic hydroxyl groups is 1. The standard InChI is InChI=1S/C12H13F3O/c1-11(2,16)7-6-9-4-3-5-10(8-9)12(13,14)15/h3-8,16H,1-2H3/b7-6+. The van der Waals surface area contributed by atoms with Gasteiger partial charge in [0.05, 0.1) is 11.2 Å². The minimum absolute atomic E-state index is 0.414. The maximum absolute atomic E-state index is 12.4. The van der Waals surface area contributed by atoms with E-state index in [0.717, 1.165) is 12.1 Å². The topological polar surface area (TPSA) is 20.2 Å². The molecule has 1 rings (SSSR count). The Hall–Kier alpha value is -1.29. The smallest absolute Gasteiger partial charge is 0.386 e. The largest absolute Gasteiger partial charge is 0.416 e. The van der Waals surface area contributed by atoms with Gasteiger partial charge in [0.1, 0.15) is 0 Å². The monoisotopic (exact) mass is 230 g/mol. The number of halogens is 3. The van der Waals surface area contributed by atoms with E-state index in [2.05, 4.69) is 0 Å². The Bertz CT molecular complexity index is 386. The number of hydrogen-bond donors (Lipinski definition) is 1. The van der Waals surface area contributed by atoms with Gasteiger partial charge >= 0.3 is 6.18 Å². The molecule has 0 atom stereocenters. The maximum atomic E-state index is 12.4. The zero-order valence-corrected chi connectivity index (χ0v) is 9.05. The molecule has 16 heavy (non-hydrogen) atoms. The first-order valence-electron chi connectivity index (χ1n) is 4.77. The summed E-state index contributed by atoms with van der Waals surface area (Å²) in [7, 11) is 0. The summed E-state index contributed by atoms with van der Waals surface area (Å²) in [6, 6.07) is 4.95. The normalized spacial score (nSPS) is 13.4. The highest BCUT2D eigenvalue weighted by Crippen LogP contribution is 2.29. The number of hydrogen-bond acceptors (Lipinski definition) is 1. The lowest BCUT2D eigenvalue weighted by atomic mass is 10.1. The van der Waals surface area contributed by atoms with Crippen molar-refractivity contribution < 1.29 is 18.3 Å². The molecule has 0 heterocycles. The molecule has 88 valence electrons. The van der Waals surface area contributed by atoms with Crippen LogP contribution in [0.5, 0.6) is 0 Å². The van der Waals surface area contributed by atoms with E-state index < -0.39 is 17.3 Å². The third-order valence-corrected chi connectivity index (χ3v) is 1.90. The molecule has 0 aromatic heterocycles. The number of rotatable bonds is 2. The Kier molecular flexibility index (Phi) is 3.43. The highest BCUT2D eigenvalue weighted by molar-refractivity contribution is 5.51. The Morgan fingerprint density at radius 2 is 1.81 bits per heavy atom. The number of benzene rings is 1. The maximum Gasteiger partial charge on any atom is 0.416 e. The van der Waals surface area contributed by atoms with Crippen LogP contribution in [-0.2, 0) is 6.18 Å². The molecule has 0 aliphatic heterocycles. The van der Waals surface area contributed by atoms with E-state index in [1.54, 1.807) is 19.9 Å². The van der Waals surface area contributed by atoms with E-state index in [9.17, 15) is 18.3 Å². The summed E-state index contributed by atoms with van der Waals surface area (Å²) in [6.07, 6.45) is -1.42. The minimum Gasteiger partial charge on any atom is -0.386 e. The van der Waals surface area contributed by atoms with Gasteiger partial charge in [-0.25, -0.2) is 0 Å². The van der Waals surface area contributed by atoms with Crippen molar-refractivity contribution in [2.75, 3.05) is 0 Å². The van der Waals surface area contributed by atoms with Gasteiger partial charge in [-0.2, -0.15) is 13.2 Å². The van der Waals surface area contributed by atoms with Gasteiger partial charge in [-0.05, 0) is 31.5 Å². The van der Waals surface area contributed by atoms with Crippen molar-refractivity contribution in [1.82, 2.24) is 0 Å². The van der Waals surface area contributed by atoms with Crippen LogP contribution in [0.4, 0.5) is 13.2 Å². The van der Waals surface area contributed by atoms with Crippen molar-refractivity contribution in [1.29, 1.82) is 0 Å². The van der Waals surface area contributed by atoms with Crippen molar-refractivity contribution in [2.45, 2.75) is 25.6 Å². The summed E-state index contributed by atoms with van der Waals surface area (Å²) < 4.78 is 37.1. The molecule has 0 aliphatic carbocycles. The Morgan fingerprint density at radius 1 is 1.19 bits per heavy atom. The van der Waals surface area contributed by atoms with Crippen LogP contribution in [0.15, 0.2) is 30.3 Å².